The third-order valence-corrected chi connectivity index (χ3v) is 7.19. The minimum atomic E-state index is -2.64. The van der Waals surface area contributed by atoms with Crippen LogP contribution in [0.2, 0.25) is 0 Å². The van der Waals surface area contributed by atoms with Crippen molar-refractivity contribution >= 4 is 16.3 Å². The Labute approximate surface area is 157 Å². The molecule has 3 rings (SSSR count). The number of carbonyl (C=O) groups excluding carboxylic acids is 1. The van der Waals surface area contributed by atoms with Crippen molar-refractivity contribution in [2.75, 3.05) is 0 Å². The van der Waals surface area contributed by atoms with E-state index < -0.39 is 33.7 Å². The van der Waals surface area contributed by atoms with Gasteiger partial charge in [-0.1, -0.05) is 6.92 Å². The fourth-order valence-corrected chi connectivity index (χ4v) is 5.69. The van der Waals surface area contributed by atoms with Crippen molar-refractivity contribution in [2.45, 2.75) is 28.0 Å². The number of halogens is 3. The van der Waals surface area contributed by atoms with Gasteiger partial charge in [0.2, 0.25) is 0 Å². The van der Waals surface area contributed by atoms with E-state index in [0.717, 1.165) is 0 Å². The lowest BCUT2D eigenvalue weighted by molar-refractivity contribution is -0.133. The molecule has 0 aromatic heterocycles. The van der Waals surface area contributed by atoms with Gasteiger partial charge in [0.15, 0.2) is 0 Å². The normalized spacial score (nSPS) is 11.9. The maximum atomic E-state index is 13.5. The zero-order chi connectivity index (χ0) is 19.4. The fourth-order valence-electron chi connectivity index (χ4n) is 2.63. The highest BCUT2D eigenvalue weighted by Gasteiger charge is 2.35. The Morgan fingerprint density at radius 3 is 1.26 bits per heavy atom. The summed E-state index contributed by atoms with van der Waals surface area (Å²) in [5.41, 5.74) is 0. The van der Waals surface area contributed by atoms with Crippen LogP contribution in [-0.2, 0) is 8.98 Å². The molecule has 3 aromatic rings. The number of carbonyl (C=O) groups is 1. The van der Waals surface area contributed by atoms with E-state index in [0.29, 0.717) is 14.7 Å². The second-order valence-corrected chi connectivity index (χ2v) is 8.42. The van der Waals surface area contributed by atoms with Crippen molar-refractivity contribution in [3.63, 3.8) is 0 Å². The van der Waals surface area contributed by atoms with Gasteiger partial charge in [-0.05, 0) is 83.1 Å². The zero-order valence-corrected chi connectivity index (χ0v) is 15.3. The van der Waals surface area contributed by atoms with Crippen molar-refractivity contribution in [3.8, 4) is 0 Å². The average Bonchev–Trinajstić information content (AvgIpc) is 2.68. The summed E-state index contributed by atoms with van der Waals surface area (Å²) < 4.78 is 46.5. The molecule has 6 heteroatoms. The Morgan fingerprint density at radius 2 is 1.00 bits per heavy atom. The molecule has 0 amide bonds. The van der Waals surface area contributed by atoms with Gasteiger partial charge >= 0.3 is 5.97 Å². The van der Waals surface area contributed by atoms with E-state index in [1.165, 1.54) is 72.8 Å². The number of hydrogen-bond donors (Lipinski definition) is 0. The highest BCUT2D eigenvalue weighted by atomic mass is 32.3. The molecule has 0 bridgehead atoms. The monoisotopic (exact) mass is 390 g/mol. The molecule has 3 aromatic carbocycles. The standard InChI is InChI=1S/C21H17F3O2S/c1-2-21(25)26-27(18-9-3-15(22)4-10-18,19-11-5-16(23)6-12-19)20-13-7-17(24)8-14-20/h3-14H,2H2,1H3. The molecule has 2 nitrogen and oxygen atoms in total. The van der Waals surface area contributed by atoms with E-state index in [2.05, 4.69) is 0 Å². The fraction of sp³-hybridized carbons (Fsp3) is 0.0952. The summed E-state index contributed by atoms with van der Waals surface area (Å²) in [6.45, 7) is 1.66. The molecule has 140 valence electrons. The summed E-state index contributed by atoms with van der Waals surface area (Å²) >= 11 is 0. The van der Waals surface area contributed by atoms with E-state index in [1.807, 2.05) is 0 Å². The summed E-state index contributed by atoms with van der Waals surface area (Å²) in [5, 5.41) is 0. The molecule has 0 aliphatic heterocycles. The first-order chi connectivity index (χ1) is 13.0. The number of rotatable bonds is 5. The minimum absolute atomic E-state index is 0.123. The van der Waals surface area contributed by atoms with Crippen LogP contribution >= 0.6 is 10.3 Å². The molecule has 0 N–H and O–H groups in total. The largest absolute Gasteiger partial charge is 0.402 e. The van der Waals surface area contributed by atoms with Crippen LogP contribution in [-0.4, -0.2) is 5.97 Å². The summed E-state index contributed by atoms with van der Waals surface area (Å²) in [4.78, 5) is 14.0. The molecule has 0 saturated carbocycles. The topological polar surface area (TPSA) is 26.3 Å². The molecule has 0 heterocycles. The van der Waals surface area contributed by atoms with Crippen LogP contribution in [0.25, 0.3) is 0 Å². The Bertz CT molecular complexity index is 812. The summed E-state index contributed by atoms with van der Waals surface area (Å²) in [5.74, 6) is -1.78. The lowest BCUT2D eigenvalue weighted by atomic mass is 10.3. The smallest absolute Gasteiger partial charge is 0.316 e. The lowest BCUT2D eigenvalue weighted by Crippen LogP contribution is -2.13. The Morgan fingerprint density at radius 1 is 0.704 bits per heavy atom. The molecule has 0 unspecified atom stereocenters. The number of hydrogen-bond acceptors (Lipinski definition) is 2. The lowest BCUT2D eigenvalue weighted by Gasteiger charge is -2.39. The average molecular weight is 390 g/mol. The van der Waals surface area contributed by atoms with Crippen molar-refractivity contribution in [1.82, 2.24) is 0 Å². The van der Waals surface area contributed by atoms with Gasteiger partial charge in [0.25, 0.3) is 0 Å². The highest BCUT2D eigenvalue weighted by Crippen LogP contribution is 2.69. The predicted octanol–water partition coefficient (Wildman–Crippen LogP) is 6.25. The molecular weight excluding hydrogens is 373 g/mol. The van der Waals surface area contributed by atoms with Gasteiger partial charge in [-0.3, -0.25) is 4.79 Å². The van der Waals surface area contributed by atoms with Gasteiger partial charge in [-0.25, -0.2) is 13.2 Å². The zero-order valence-electron chi connectivity index (χ0n) is 14.5. The van der Waals surface area contributed by atoms with E-state index in [1.54, 1.807) is 6.92 Å². The van der Waals surface area contributed by atoms with Gasteiger partial charge < -0.3 is 4.18 Å². The van der Waals surface area contributed by atoms with Gasteiger partial charge in [0.05, 0.1) is 0 Å². The van der Waals surface area contributed by atoms with E-state index >= 15 is 0 Å². The molecular formula is C21H17F3O2S. The molecule has 27 heavy (non-hydrogen) atoms. The molecule has 0 aliphatic rings. The second kappa shape index (κ2) is 7.88. The van der Waals surface area contributed by atoms with Crippen LogP contribution in [0.3, 0.4) is 0 Å². The summed E-state index contributed by atoms with van der Waals surface area (Å²) in [6, 6.07) is 16.8. The first-order valence-corrected chi connectivity index (χ1v) is 9.84. The van der Waals surface area contributed by atoms with E-state index in [4.69, 9.17) is 4.18 Å². The molecule has 0 spiro atoms. The van der Waals surface area contributed by atoms with Crippen LogP contribution in [0.1, 0.15) is 13.3 Å². The van der Waals surface area contributed by atoms with Crippen molar-refractivity contribution in [3.05, 3.63) is 90.2 Å². The quantitative estimate of drug-likeness (QED) is 0.514. The van der Waals surface area contributed by atoms with Gasteiger partial charge in [-0.2, -0.15) is 0 Å². The van der Waals surface area contributed by atoms with Crippen LogP contribution < -0.4 is 0 Å². The highest BCUT2D eigenvalue weighted by molar-refractivity contribution is 8.30. The van der Waals surface area contributed by atoms with E-state index in [-0.39, 0.29) is 6.42 Å². The molecule has 0 aliphatic carbocycles. The SMILES string of the molecule is CCC(=O)OS(c1ccc(F)cc1)(c1ccc(F)cc1)c1ccc(F)cc1. The minimum Gasteiger partial charge on any atom is -0.402 e. The predicted molar refractivity (Wildman–Crippen MR) is 98.0 cm³/mol. The Hall–Kier alpha value is -2.73. The second-order valence-electron chi connectivity index (χ2n) is 5.73. The maximum absolute atomic E-state index is 13.5. The van der Waals surface area contributed by atoms with Crippen LogP contribution in [0.15, 0.2) is 87.5 Å². The van der Waals surface area contributed by atoms with Crippen molar-refractivity contribution in [2.24, 2.45) is 0 Å². The maximum Gasteiger partial charge on any atom is 0.316 e. The van der Waals surface area contributed by atoms with Gasteiger partial charge in [-0.15, -0.1) is 0 Å². The summed E-state index contributed by atoms with van der Waals surface area (Å²) in [7, 11) is -2.64. The molecule has 0 saturated heterocycles. The summed E-state index contributed by atoms with van der Waals surface area (Å²) in [6.07, 6.45) is 0.123. The van der Waals surface area contributed by atoms with Crippen molar-refractivity contribution < 1.29 is 22.1 Å². The molecule has 0 atom stereocenters. The van der Waals surface area contributed by atoms with E-state index in [9.17, 15) is 18.0 Å². The van der Waals surface area contributed by atoms with Crippen LogP contribution in [0, 0.1) is 17.5 Å². The number of benzene rings is 3. The van der Waals surface area contributed by atoms with Crippen LogP contribution in [0.5, 0.6) is 0 Å². The Kier molecular flexibility index (Phi) is 5.56. The van der Waals surface area contributed by atoms with Gasteiger partial charge in [0.1, 0.15) is 17.5 Å². The molecule has 0 radical (unpaired) electrons. The first-order valence-electron chi connectivity index (χ1n) is 8.28. The third kappa shape index (κ3) is 3.85. The van der Waals surface area contributed by atoms with Crippen LogP contribution in [0.4, 0.5) is 13.2 Å². The molecule has 0 fully saturated rings. The van der Waals surface area contributed by atoms with Crippen molar-refractivity contribution in [1.29, 1.82) is 0 Å². The first kappa shape index (κ1) is 19.0. The van der Waals surface area contributed by atoms with Gasteiger partial charge in [0, 0.05) is 21.1 Å². The Balaban J connectivity index is 2.32. The third-order valence-electron chi connectivity index (χ3n) is 3.94.